The maximum Gasteiger partial charge on any atom is 0.158 e. The highest BCUT2D eigenvalue weighted by Crippen LogP contribution is 2.24. The average molecular weight is 278 g/mol. The van der Waals surface area contributed by atoms with E-state index in [0.717, 1.165) is 43.5 Å². The maximum atomic E-state index is 5.84. The zero-order chi connectivity index (χ0) is 14.7. The van der Waals surface area contributed by atoms with E-state index in [4.69, 9.17) is 10.5 Å². The van der Waals surface area contributed by atoms with Gasteiger partial charge in [0.15, 0.2) is 5.82 Å². The molecule has 2 N–H and O–H groups in total. The first-order valence-electron chi connectivity index (χ1n) is 7.45. The molecule has 2 rings (SSSR count). The van der Waals surface area contributed by atoms with Crippen LogP contribution < -0.4 is 5.73 Å². The Hall–Kier alpha value is -1.04. The standard InChI is InChI=1S/C15H26N4O/c1-5-19-6-7-20-13(9-19)15-17-11(3)14(10(2)8-16)12(4)18-15/h10,13H,5-9,16H2,1-4H3. The number of aryl methyl sites for hydroxylation is 2. The van der Waals surface area contributed by atoms with Crippen LogP contribution in [0.1, 0.15) is 48.6 Å². The van der Waals surface area contributed by atoms with Crippen LogP contribution in [0, 0.1) is 13.8 Å². The Kier molecular flexibility index (Phi) is 5.07. The van der Waals surface area contributed by atoms with Gasteiger partial charge in [-0.25, -0.2) is 9.97 Å². The van der Waals surface area contributed by atoms with E-state index in [1.165, 1.54) is 5.56 Å². The van der Waals surface area contributed by atoms with E-state index < -0.39 is 0 Å². The van der Waals surface area contributed by atoms with Gasteiger partial charge in [-0.15, -0.1) is 0 Å². The van der Waals surface area contributed by atoms with Gasteiger partial charge in [0.1, 0.15) is 6.10 Å². The largest absolute Gasteiger partial charge is 0.368 e. The number of likely N-dealkylation sites (N-methyl/N-ethyl adjacent to an activating group) is 1. The number of aromatic nitrogens is 2. The van der Waals surface area contributed by atoms with Crippen molar-refractivity contribution in [2.24, 2.45) is 5.73 Å². The normalized spacial score (nSPS) is 21.9. The molecule has 0 aliphatic carbocycles. The van der Waals surface area contributed by atoms with Gasteiger partial charge < -0.3 is 10.5 Å². The molecule has 0 amide bonds. The molecule has 1 aromatic rings. The van der Waals surface area contributed by atoms with Crippen molar-refractivity contribution in [3.05, 3.63) is 22.8 Å². The molecule has 1 aliphatic heterocycles. The van der Waals surface area contributed by atoms with Crippen LogP contribution in [-0.2, 0) is 4.74 Å². The molecule has 1 aromatic heterocycles. The second-order valence-electron chi connectivity index (χ2n) is 5.56. The highest BCUT2D eigenvalue weighted by molar-refractivity contribution is 5.28. The Bertz CT molecular complexity index is 440. The number of rotatable bonds is 4. The average Bonchev–Trinajstić information content (AvgIpc) is 2.46. The first-order chi connectivity index (χ1) is 9.56. The van der Waals surface area contributed by atoms with Crippen LogP contribution >= 0.6 is 0 Å². The molecular formula is C15H26N4O. The zero-order valence-electron chi connectivity index (χ0n) is 13.0. The monoisotopic (exact) mass is 278 g/mol. The first kappa shape index (κ1) is 15.4. The van der Waals surface area contributed by atoms with Crippen molar-refractivity contribution in [2.75, 3.05) is 32.8 Å². The van der Waals surface area contributed by atoms with E-state index in [0.29, 0.717) is 12.5 Å². The SMILES string of the molecule is CCN1CCOC(c2nc(C)c(C(C)CN)c(C)n2)C1. The Labute approximate surface area is 121 Å². The van der Waals surface area contributed by atoms with Gasteiger partial charge in [-0.05, 0) is 38.4 Å². The molecular weight excluding hydrogens is 252 g/mol. The molecule has 20 heavy (non-hydrogen) atoms. The molecule has 1 saturated heterocycles. The van der Waals surface area contributed by atoms with Crippen molar-refractivity contribution in [2.45, 2.75) is 39.7 Å². The van der Waals surface area contributed by atoms with Gasteiger partial charge in [0, 0.05) is 24.5 Å². The van der Waals surface area contributed by atoms with E-state index in [9.17, 15) is 0 Å². The smallest absolute Gasteiger partial charge is 0.158 e. The fraction of sp³-hybridized carbons (Fsp3) is 0.733. The summed E-state index contributed by atoms with van der Waals surface area (Å²) < 4.78 is 5.84. The van der Waals surface area contributed by atoms with Crippen molar-refractivity contribution in [1.82, 2.24) is 14.9 Å². The number of morpholine rings is 1. The number of nitrogens with zero attached hydrogens (tertiary/aromatic N) is 3. The molecule has 2 unspecified atom stereocenters. The minimum atomic E-state index is -0.0108. The summed E-state index contributed by atoms with van der Waals surface area (Å²) in [6.45, 7) is 12.7. The van der Waals surface area contributed by atoms with Crippen LogP contribution in [-0.4, -0.2) is 47.7 Å². The molecule has 0 saturated carbocycles. The molecule has 2 heterocycles. The van der Waals surface area contributed by atoms with E-state index >= 15 is 0 Å². The van der Waals surface area contributed by atoms with Crippen LogP contribution in [0.3, 0.4) is 0 Å². The Balaban J connectivity index is 2.25. The van der Waals surface area contributed by atoms with Gasteiger partial charge in [0.2, 0.25) is 0 Å². The number of hydrogen-bond acceptors (Lipinski definition) is 5. The number of nitrogens with two attached hydrogens (primary N) is 1. The van der Waals surface area contributed by atoms with Crippen molar-refractivity contribution in [3.8, 4) is 0 Å². The van der Waals surface area contributed by atoms with E-state index in [1.807, 2.05) is 13.8 Å². The fourth-order valence-corrected chi connectivity index (χ4v) is 2.87. The Morgan fingerprint density at radius 2 is 2.00 bits per heavy atom. The third-order valence-corrected chi connectivity index (χ3v) is 4.08. The van der Waals surface area contributed by atoms with Crippen molar-refractivity contribution >= 4 is 0 Å². The molecule has 112 valence electrons. The van der Waals surface area contributed by atoms with Gasteiger partial charge in [-0.1, -0.05) is 13.8 Å². The molecule has 5 heteroatoms. The van der Waals surface area contributed by atoms with Gasteiger partial charge in [0.05, 0.1) is 6.61 Å². The lowest BCUT2D eigenvalue weighted by Crippen LogP contribution is -2.38. The van der Waals surface area contributed by atoms with Gasteiger partial charge in [-0.2, -0.15) is 0 Å². The molecule has 2 atom stereocenters. The summed E-state index contributed by atoms with van der Waals surface area (Å²) in [7, 11) is 0. The van der Waals surface area contributed by atoms with E-state index in [-0.39, 0.29) is 6.10 Å². The highest BCUT2D eigenvalue weighted by atomic mass is 16.5. The van der Waals surface area contributed by atoms with Crippen LogP contribution in [0.2, 0.25) is 0 Å². The summed E-state index contributed by atoms with van der Waals surface area (Å²) in [5.74, 6) is 1.11. The quantitative estimate of drug-likeness (QED) is 0.905. The topological polar surface area (TPSA) is 64.3 Å². The van der Waals surface area contributed by atoms with Crippen molar-refractivity contribution in [3.63, 3.8) is 0 Å². The lowest BCUT2D eigenvalue weighted by Gasteiger charge is -2.31. The lowest BCUT2D eigenvalue weighted by atomic mass is 9.98. The molecule has 0 bridgehead atoms. The van der Waals surface area contributed by atoms with Crippen LogP contribution in [0.5, 0.6) is 0 Å². The van der Waals surface area contributed by atoms with Gasteiger partial charge >= 0.3 is 0 Å². The maximum absolute atomic E-state index is 5.84. The molecule has 1 fully saturated rings. The summed E-state index contributed by atoms with van der Waals surface area (Å²) in [6.07, 6.45) is -0.0108. The predicted octanol–water partition coefficient (Wildman–Crippen LogP) is 1.55. The number of ether oxygens (including phenoxy) is 1. The highest BCUT2D eigenvalue weighted by Gasteiger charge is 2.25. The zero-order valence-corrected chi connectivity index (χ0v) is 13.0. The third-order valence-electron chi connectivity index (χ3n) is 4.08. The van der Waals surface area contributed by atoms with Crippen molar-refractivity contribution < 1.29 is 4.74 Å². The molecule has 1 aliphatic rings. The number of hydrogen-bond donors (Lipinski definition) is 1. The minimum Gasteiger partial charge on any atom is -0.368 e. The first-order valence-corrected chi connectivity index (χ1v) is 7.45. The van der Waals surface area contributed by atoms with Gasteiger partial charge in [0.25, 0.3) is 0 Å². The van der Waals surface area contributed by atoms with Crippen molar-refractivity contribution in [1.29, 1.82) is 0 Å². The second kappa shape index (κ2) is 6.61. The summed E-state index contributed by atoms with van der Waals surface area (Å²) >= 11 is 0. The van der Waals surface area contributed by atoms with E-state index in [1.54, 1.807) is 0 Å². The summed E-state index contributed by atoms with van der Waals surface area (Å²) in [6, 6.07) is 0. The Morgan fingerprint density at radius 1 is 1.35 bits per heavy atom. The van der Waals surface area contributed by atoms with Crippen LogP contribution in [0.25, 0.3) is 0 Å². The third kappa shape index (κ3) is 3.16. The van der Waals surface area contributed by atoms with E-state index in [2.05, 4.69) is 28.7 Å². The fourth-order valence-electron chi connectivity index (χ4n) is 2.87. The molecule has 5 nitrogen and oxygen atoms in total. The molecule has 0 spiro atoms. The predicted molar refractivity (Wildman–Crippen MR) is 79.8 cm³/mol. The van der Waals surface area contributed by atoms with Gasteiger partial charge in [-0.3, -0.25) is 4.90 Å². The Morgan fingerprint density at radius 3 is 2.55 bits per heavy atom. The molecule has 0 radical (unpaired) electrons. The van der Waals surface area contributed by atoms with Crippen LogP contribution in [0.15, 0.2) is 0 Å². The van der Waals surface area contributed by atoms with Crippen LogP contribution in [0.4, 0.5) is 0 Å². The minimum absolute atomic E-state index is 0.0108. The lowest BCUT2D eigenvalue weighted by molar-refractivity contribution is -0.0327. The summed E-state index contributed by atoms with van der Waals surface area (Å²) in [4.78, 5) is 11.7. The second-order valence-corrected chi connectivity index (χ2v) is 5.56. The summed E-state index contributed by atoms with van der Waals surface area (Å²) in [5, 5.41) is 0. The molecule has 0 aromatic carbocycles. The summed E-state index contributed by atoms with van der Waals surface area (Å²) in [5.41, 5.74) is 9.01.